The van der Waals surface area contributed by atoms with Crippen LogP contribution in [-0.4, -0.2) is 34.1 Å². The van der Waals surface area contributed by atoms with Gasteiger partial charge in [-0.15, -0.1) is 0 Å². The van der Waals surface area contributed by atoms with Crippen molar-refractivity contribution in [3.63, 3.8) is 0 Å². The van der Waals surface area contributed by atoms with Crippen LogP contribution in [0.3, 0.4) is 0 Å². The average molecular weight is 301 g/mol. The van der Waals surface area contributed by atoms with E-state index in [-0.39, 0.29) is 12.8 Å². The van der Waals surface area contributed by atoms with Crippen molar-refractivity contribution < 1.29 is 24.6 Å². The van der Waals surface area contributed by atoms with Crippen LogP contribution in [0.4, 0.5) is 0 Å². The van der Waals surface area contributed by atoms with Gasteiger partial charge in [0.1, 0.15) is 6.04 Å². The molecule has 2 rings (SSSR count). The molecule has 1 amide bonds. The van der Waals surface area contributed by atoms with Crippen molar-refractivity contribution in [2.45, 2.75) is 18.9 Å². The Hall–Kier alpha value is -2.89. The Morgan fingerprint density at radius 2 is 1.68 bits per heavy atom. The smallest absolute Gasteiger partial charge is 0.326 e. The zero-order valence-corrected chi connectivity index (χ0v) is 11.7. The molecule has 0 aliphatic heterocycles. The van der Waals surface area contributed by atoms with Gasteiger partial charge in [-0.3, -0.25) is 9.59 Å². The third-order valence-corrected chi connectivity index (χ3v) is 3.26. The first-order valence-corrected chi connectivity index (χ1v) is 6.71. The SMILES string of the molecule is O=C(O)CC[C@@H](NC(=O)c1ccc2ccccc2c1)C(=O)O. The maximum Gasteiger partial charge on any atom is 0.326 e. The molecule has 0 heterocycles. The Balaban J connectivity index is 2.14. The molecule has 0 radical (unpaired) electrons. The van der Waals surface area contributed by atoms with Crippen LogP contribution in [0.15, 0.2) is 42.5 Å². The summed E-state index contributed by atoms with van der Waals surface area (Å²) in [6.45, 7) is 0. The molecule has 0 spiro atoms. The molecule has 0 fully saturated rings. The van der Waals surface area contributed by atoms with Gasteiger partial charge in [-0.25, -0.2) is 4.79 Å². The Labute approximate surface area is 126 Å². The number of rotatable bonds is 6. The molecule has 0 saturated carbocycles. The quantitative estimate of drug-likeness (QED) is 0.756. The van der Waals surface area contributed by atoms with Crippen molar-refractivity contribution in [3.8, 4) is 0 Å². The summed E-state index contributed by atoms with van der Waals surface area (Å²) in [6, 6.07) is 11.3. The molecule has 2 aromatic rings. The molecule has 0 aliphatic carbocycles. The minimum absolute atomic E-state index is 0.163. The first kappa shape index (κ1) is 15.5. The number of carbonyl (C=O) groups is 3. The van der Waals surface area contributed by atoms with E-state index in [0.717, 1.165) is 10.8 Å². The van der Waals surface area contributed by atoms with Crippen LogP contribution in [0.1, 0.15) is 23.2 Å². The highest BCUT2D eigenvalue weighted by Crippen LogP contribution is 2.15. The van der Waals surface area contributed by atoms with Crippen molar-refractivity contribution in [1.29, 1.82) is 0 Å². The summed E-state index contributed by atoms with van der Waals surface area (Å²) in [5, 5.41) is 21.8. The van der Waals surface area contributed by atoms with Gasteiger partial charge >= 0.3 is 11.9 Å². The van der Waals surface area contributed by atoms with Gasteiger partial charge in [0.25, 0.3) is 5.91 Å². The number of nitrogens with one attached hydrogen (secondary N) is 1. The Morgan fingerprint density at radius 3 is 2.32 bits per heavy atom. The van der Waals surface area contributed by atoms with Gasteiger partial charge in [-0.1, -0.05) is 30.3 Å². The number of carboxylic acid groups (broad SMARTS) is 2. The van der Waals surface area contributed by atoms with E-state index < -0.39 is 23.9 Å². The van der Waals surface area contributed by atoms with E-state index >= 15 is 0 Å². The van der Waals surface area contributed by atoms with E-state index in [4.69, 9.17) is 10.2 Å². The molecule has 114 valence electrons. The van der Waals surface area contributed by atoms with Crippen molar-refractivity contribution in [2.75, 3.05) is 0 Å². The van der Waals surface area contributed by atoms with E-state index in [1.165, 1.54) is 0 Å². The molecule has 0 aliphatic rings. The van der Waals surface area contributed by atoms with Gasteiger partial charge < -0.3 is 15.5 Å². The Morgan fingerprint density at radius 1 is 1.00 bits per heavy atom. The third-order valence-electron chi connectivity index (χ3n) is 3.26. The van der Waals surface area contributed by atoms with Gasteiger partial charge in [-0.2, -0.15) is 0 Å². The molecular weight excluding hydrogens is 286 g/mol. The molecule has 0 aromatic heterocycles. The molecular formula is C16H15NO5. The molecule has 6 heteroatoms. The maximum absolute atomic E-state index is 12.1. The fourth-order valence-electron chi connectivity index (χ4n) is 2.10. The Kier molecular flexibility index (Phi) is 4.73. The van der Waals surface area contributed by atoms with Crippen LogP contribution in [-0.2, 0) is 9.59 Å². The van der Waals surface area contributed by atoms with Crippen LogP contribution in [0, 0.1) is 0 Å². The minimum atomic E-state index is -1.25. The molecule has 3 N–H and O–H groups in total. The predicted octanol–water partition coefficient (Wildman–Crippen LogP) is 1.89. The molecule has 0 unspecified atom stereocenters. The number of carbonyl (C=O) groups excluding carboxylic acids is 1. The number of hydrogen-bond donors (Lipinski definition) is 3. The van der Waals surface area contributed by atoms with Gasteiger partial charge in [0.15, 0.2) is 0 Å². The van der Waals surface area contributed by atoms with Crippen molar-refractivity contribution in [3.05, 3.63) is 48.0 Å². The van der Waals surface area contributed by atoms with Crippen LogP contribution in [0.5, 0.6) is 0 Å². The lowest BCUT2D eigenvalue weighted by Crippen LogP contribution is -2.41. The first-order valence-electron chi connectivity index (χ1n) is 6.71. The van der Waals surface area contributed by atoms with E-state index in [1.807, 2.05) is 24.3 Å². The number of carboxylic acids is 2. The number of amides is 1. The largest absolute Gasteiger partial charge is 0.481 e. The third kappa shape index (κ3) is 3.82. The monoisotopic (exact) mass is 301 g/mol. The minimum Gasteiger partial charge on any atom is -0.481 e. The number of hydrogen-bond acceptors (Lipinski definition) is 3. The van der Waals surface area contributed by atoms with Crippen LogP contribution in [0.2, 0.25) is 0 Å². The molecule has 22 heavy (non-hydrogen) atoms. The van der Waals surface area contributed by atoms with Crippen molar-refractivity contribution >= 4 is 28.6 Å². The van der Waals surface area contributed by atoms with Gasteiger partial charge in [0.05, 0.1) is 0 Å². The summed E-state index contributed by atoms with van der Waals surface area (Å²) in [6.07, 6.45) is -0.487. The molecule has 0 bridgehead atoms. The topological polar surface area (TPSA) is 104 Å². The van der Waals surface area contributed by atoms with Gasteiger partial charge in [-0.05, 0) is 29.3 Å². The van der Waals surface area contributed by atoms with E-state index in [1.54, 1.807) is 18.2 Å². The van der Waals surface area contributed by atoms with Crippen molar-refractivity contribution in [1.82, 2.24) is 5.32 Å². The maximum atomic E-state index is 12.1. The fourth-order valence-corrected chi connectivity index (χ4v) is 2.10. The summed E-state index contributed by atoms with van der Waals surface area (Å²) in [7, 11) is 0. The average Bonchev–Trinajstić information content (AvgIpc) is 2.50. The lowest BCUT2D eigenvalue weighted by Gasteiger charge is -2.13. The first-order chi connectivity index (χ1) is 10.5. The Bertz CT molecular complexity index is 725. The summed E-state index contributed by atoms with van der Waals surface area (Å²) in [4.78, 5) is 33.7. The fraction of sp³-hybridized carbons (Fsp3) is 0.188. The molecule has 2 aromatic carbocycles. The van der Waals surface area contributed by atoms with E-state index in [9.17, 15) is 14.4 Å². The van der Waals surface area contributed by atoms with Crippen LogP contribution in [0.25, 0.3) is 10.8 Å². The van der Waals surface area contributed by atoms with E-state index in [2.05, 4.69) is 5.32 Å². The normalized spacial score (nSPS) is 11.8. The summed E-state index contributed by atoms with van der Waals surface area (Å²) >= 11 is 0. The molecule has 6 nitrogen and oxygen atoms in total. The van der Waals surface area contributed by atoms with E-state index in [0.29, 0.717) is 5.56 Å². The standard InChI is InChI=1S/C16H15NO5/c18-14(19)8-7-13(16(21)22)17-15(20)12-6-5-10-3-1-2-4-11(10)9-12/h1-6,9,13H,7-8H2,(H,17,20)(H,18,19)(H,21,22)/t13-/m1/s1. The van der Waals surface area contributed by atoms with Gasteiger partial charge in [0, 0.05) is 12.0 Å². The number of fused-ring (bicyclic) bond motifs is 1. The molecule has 1 atom stereocenters. The lowest BCUT2D eigenvalue weighted by atomic mass is 10.1. The summed E-state index contributed by atoms with van der Waals surface area (Å²) in [5.41, 5.74) is 0.334. The highest BCUT2D eigenvalue weighted by atomic mass is 16.4. The molecule has 0 saturated heterocycles. The zero-order chi connectivity index (χ0) is 16.1. The predicted molar refractivity (Wildman–Crippen MR) is 79.7 cm³/mol. The number of aliphatic carboxylic acids is 2. The summed E-state index contributed by atoms with van der Waals surface area (Å²) in [5.74, 6) is -2.90. The number of benzene rings is 2. The van der Waals surface area contributed by atoms with Crippen LogP contribution >= 0.6 is 0 Å². The van der Waals surface area contributed by atoms with Gasteiger partial charge in [0.2, 0.25) is 0 Å². The lowest BCUT2D eigenvalue weighted by molar-refractivity contribution is -0.140. The second-order valence-electron chi connectivity index (χ2n) is 4.86. The highest BCUT2D eigenvalue weighted by Gasteiger charge is 2.21. The highest BCUT2D eigenvalue weighted by molar-refractivity contribution is 6.00. The van der Waals surface area contributed by atoms with Crippen LogP contribution < -0.4 is 5.32 Å². The van der Waals surface area contributed by atoms with Crippen molar-refractivity contribution in [2.24, 2.45) is 0 Å². The zero-order valence-electron chi connectivity index (χ0n) is 11.7. The second kappa shape index (κ2) is 6.71. The summed E-state index contributed by atoms with van der Waals surface area (Å²) < 4.78 is 0. The second-order valence-corrected chi connectivity index (χ2v) is 4.86.